The van der Waals surface area contributed by atoms with Gasteiger partial charge in [-0.3, -0.25) is 4.79 Å². The summed E-state index contributed by atoms with van der Waals surface area (Å²) in [6, 6.07) is 1.87. The largest absolute Gasteiger partial charge is 0.393 e. The molecule has 1 unspecified atom stereocenters. The Bertz CT molecular complexity index is 770. The van der Waals surface area contributed by atoms with Gasteiger partial charge in [0, 0.05) is 12.2 Å². The number of aliphatic hydroxyl groups is 1. The lowest BCUT2D eigenvalue weighted by Crippen LogP contribution is -2.27. The molecule has 0 fully saturated rings. The molecule has 2 aromatic heterocycles. The van der Waals surface area contributed by atoms with Crippen LogP contribution in [0.25, 0.3) is 11.0 Å². The van der Waals surface area contributed by atoms with Crippen molar-refractivity contribution in [1.29, 1.82) is 0 Å². The van der Waals surface area contributed by atoms with Gasteiger partial charge >= 0.3 is 0 Å². The summed E-state index contributed by atoms with van der Waals surface area (Å²) in [5.41, 5.74) is 2.80. The number of amides is 1. The molecule has 138 valence electrons. The van der Waals surface area contributed by atoms with Gasteiger partial charge in [0.25, 0.3) is 5.91 Å². The summed E-state index contributed by atoms with van der Waals surface area (Å²) in [7, 11) is 0. The maximum Gasteiger partial charge on any atom is 0.252 e. The van der Waals surface area contributed by atoms with E-state index in [0.717, 1.165) is 22.4 Å². The molecule has 0 aromatic carbocycles. The smallest absolute Gasteiger partial charge is 0.252 e. The number of carbonyl (C=O) groups excluding carboxylic acids is 1. The fourth-order valence-electron chi connectivity index (χ4n) is 2.74. The molecule has 0 saturated heterocycles. The van der Waals surface area contributed by atoms with E-state index in [1.165, 1.54) is 0 Å². The summed E-state index contributed by atoms with van der Waals surface area (Å²) in [5, 5.41) is 17.7. The molecule has 1 atom stereocenters. The molecule has 0 aliphatic rings. The molecule has 25 heavy (non-hydrogen) atoms. The maximum atomic E-state index is 12.8. The quantitative estimate of drug-likeness (QED) is 0.872. The molecule has 0 saturated carbocycles. The lowest BCUT2D eigenvalue weighted by molar-refractivity contribution is 0.0947. The number of pyridine rings is 1. The van der Waals surface area contributed by atoms with Crippen LogP contribution in [0.2, 0.25) is 0 Å². The third kappa shape index (κ3) is 4.18. The highest BCUT2D eigenvalue weighted by Gasteiger charge is 2.25. The van der Waals surface area contributed by atoms with Crippen LogP contribution in [0.1, 0.15) is 75.6 Å². The zero-order valence-corrected chi connectivity index (χ0v) is 16.3. The van der Waals surface area contributed by atoms with Crippen molar-refractivity contribution in [2.75, 3.05) is 6.54 Å². The van der Waals surface area contributed by atoms with Gasteiger partial charge in [-0.05, 0) is 53.0 Å². The first-order valence-corrected chi connectivity index (χ1v) is 8.89. The van der Waals surface area contributed by atoms with Gasteiger partial charge in [-0.25, -0.2) is 9.67 Å². The molecular weight excluding hydrogens is 316 g/mol. The summed E-state index contributed by atoms with van der Waals surface area (Å²) in [6.45, 7) is 14.4. The number of aromatic nitrogens is 3. The number of fused-ring (bicyclic) bond motifs is 1. The third-order valence-corrected chi connectivity index (χ3v) is 4.15. The number of aryl methyl sites for hydroxylation is 1. The van der Waals surface area contributed by atoms with Crippen LogP contribution in [-0.4, -0.2) is 38.4 Å². The zero-order chi connectivity index (χ0) is 18.9. The third-order valence-electron chi connectivity index (χ3n) is 4.15. The van der Waals surface area contributed by atoms with E-state index in [-0.39, 0.29) is 17.4 Å². The molecule has 2 aromatic rings. The number of hydrogen-bond acceptors (Lipinski definition) is 4. The van der Waals surface area contributed by atoms with Crippen molar-refractivity contribution < 1.29 is 9.90 Å². The van der Waals surface area contributed by atoms with E-state index in [0.29, 0.717) is 18.5 Å². The Kier molecular flexibility index (Phi) is 5.52. The Morgan fingerprint density at radius 2 is 1.96 bits per heavy atom. The van der Waals surface area contributed by atoms with Crippen LogP contribution in [0.5, 0.6) is 0 Å². The molecule has 2 heterocycles. The van der Waals surface area contributed by atoms with Gasteiger partial charge in [0.2, 0.25) is 0 Å². The lowest BCUT2D eigenvalue weighted by atomic mass is 10.0. The summed E-state index contributed by atoms with van der Waals surface area (Å²) in [4.78, 5) is 17.6. The normalized spacial score (nSPS) is 13.5. The molecule has 0 bridgehead atoms. The van der Waals surface area contributed by atoms with E-state index in [4.69, 9.17) is 4.98 Å². The fourth-order valence-corrected chi connectivity index (χ4v) is 2.74. The molecule has 2 rings (SSSR count). The molecule has 0 radical (unpaired) electrons. The van der Waals surface area contributed by atoms with Crippen LogP contribution in [0.15, 0.2) is 6.07 Å². The Balaban J connectivity index is 2.58. The molecule has 0 aliphatic heterocycles. The molecule has 6 heteroatoms. The van der Waals surface area contributed by atoms with Gasteiger partial charge < -0.3 is 10.4 Å². The Labute approximate surface area is 149 Å². The predicted octanol–water partition coefficient (Wildman–Crippen LogP) is 3.12. The van der Waals surface area contributed by atoms with Gasteiger partial charge in [0.1, 0.15) is 0 Å². The van der Waals surface area contributed by atoms with E-state index in [2.05, 4.69) is 45.0 Å². The molecule has 0 aliphatic carbocycles. The summed E-state index contributed by atoms with van der Waals surface area (Å²) >= 11 is 0. The number of carbonyl (C=O) groups is 1. The van der Waals surface area contributed by atoms with Crippen LogP contribution in [0, 0.1) is 6.92 Å². The SMILES string of the molecule is Cc1nn(C(C)(C)C)c2nc(C(C)C)cc(C(=O)NCCC(C)O)c12. The van der Waals surface area contributed by atoms with Gasteiger partial charge in [-0.2, -0.15) is 5.10 Å². The lowest BCUT2D eigenvalue weighted by Gasteiger charge is -2.20. The standard InChI is InChI=1S/C19H30N4O2/c1-11(2)15-10-14(18(25)20-9-8-12(3)24)16-13(4)22-23(17(16)21-15)19(5,6)7/h10-12,24H,8-9H2,1-7H3,(H,20,25). The van der Waals surface area contributed by atoms with Crippen molar-refractivity contribution in [2.24, 2.45) is 0 Å². The first-order valence-electron chi connectivity index (χ1n) is 8.89. The van der Waals surface area contributed by atoms with Crippen LogP contribution in [0.3, 0.4) is 0 Å². The predicted molar refractivity (Wildman–Crippen MR) is 100.0 cm³/mol. The molecule has 6 nitrogen and oxygen atoms in total. The molecule has 2 N–H and O–H groups in total. The van der Waals surface area contributed by atoms with Crippen molar-refractivity contribution in [3.8, 4) is 0 Å². The van der Waals surface area contributed by atoms with Crippen LogP contribution >= 0.6 is 0 Å². The second-order valence-corrected chi connectivity index (χ2v) is 8.01. The number of nitrogens with zero attached hydrogens (tertiary/aromatic N) is 3. The average Bonchev–Trinajstić information content (AvgIpc) is 2.83. The van der Waals surface area contributed by atoms with Crippen molar-refractivity contribution >= 4 is 16.9 Å². The van der Waals surface area contributed by atoms with E-state index >= 15 is 0 Å². The first kappa shape index (κ1) is 19.4. The van der Waals surface area contributed by atoms with Crippen LogP contribution in [0.4, 0.5) is 0 Å². The van der Waals surface area contributed by atoms with Gasteiger partial charge in [0.15, 0.2) is 5.65 Å². The average molecular weight is 346 g/mol. The van der Waals surface area contributed by atoms with Crippen molar-refractivity contribution in [2.45, 2.75) is 72.4 Å². The minimum Gasteiger partial charge on any atom is -0.393 e. The highest BCUT2D eigenvalue weighted by molar-refractivity contribution is 6.06. The van der Waals surface area contributed by atoms with Gasteiger partial charge in [-0.15, -0.1) is 0 Å². The number of aliphatic hydroxyl groups excluding tert-OH is 1. The highest BCUT2D eigenvalue weighted by atomic mass is 16.3. The Morgan fingerprint density at radius 1 is 1.32 bits per heavy atom. The van der Waals surface area contributed by atoms with E-state index in [9.17, 15) is 9.90 Å². The monoisotopic (exact) mass is 346 g/mol. The van der Waals surface area contributed by atoms with Crippen molar-refractivity contribution in [3.05, 3.63) is 23.0 Å². The van der Waals surface area contributed by atoms with Gasteiger partial charge in [0.05, 0.1) is 28.3 Å². The van der Waals surface area contributed by atoms with E-state index < -0.39 is 6.10 Å². The van der Waals surface area contributed by atoms with Gasteiger partial charge in [-0.1, -0.05) is 13.8 Å². The number of nitrogens with one attached hydrogen (secondary N) is 1. The topological polar surface area (TPSA) is 80.0 Å². The first-order chi connectivity index (χ1) is 11.5. The molecule has 0 spiro atoms. The van der Waals surface area contributed by atoms with E-state index in [1.54, 1.807) is 6.92 Å². The van der Waals surface area contributed by atoms with E-state index in [1.807, 2.05) is 17.7 Å². The van der Waals surface area contributed by atoms with Crippen molar-refractivity contribution in [3.63, 3.8) is 0 Å². The van der Waals surface area contributed by atoms with Crippen LogP contribution in [-0.2, 0) is 5.54 Å². The fraction of sp³-hybridized carbons (Fsp3) is 0.632. The van der Waals surface area contributed by atoms with Crippen molar-refractivity contribution in [1.82, 2.24) is 20.1 Å². The Hall–Kier alpha value is -1.95. The summed E-state index contributed by atoms with van der Waals surface area (Å²) in [6.07, 6.45) is 0.0893. The second kappa shape index (κ2) is 7.12. The number of hydrogen-bond donors (Lipinski definition) is 2. The highest BCUT2D eigenvalue weighted by Crippen LogP contribution is 2.28. The molecule has 1 amide bonds. The minimum absolute atomic E-state index is 0.147. The van der Waals surface area contributed by atoms with Crippen LogP contribution < -0.4 is 5.32 Å². The number of rotatable bonds is 5. The summed E-state index contributed by atoms with van der Waals surface area (Å²) in [5.74, 6) is 0.0588. The maximum absolute atomic E-state index is 12.8. The minimum atomic E-state index is -0.436. The zero-order valence-electron chi connectivity index (χ0n) is 16.3. The summed E-state index contributed by atoms with van der Waals surface area (Å²) < 4.78 is 1.90. The Morgan fingerprint density at radius 3 is 2.48 bits per heavy atom. The second-order valence-electron chi connectivity index (χ2n) is 8.01. The molecular formula is C19H30N4O2.